The molecule has 8 heteroatoms. The number of benzene rings is 1. The van der Waals surface area contributed by atoms with Crippen LogP contribution < -0.4 is 20.9 Å². The summed E-state index contributed by atoms with van der Waals surface area (Å²) in [6.07, 6.45) is 0.489. The van der Waals surface area contributed by atoms with Gasteiger partial charge in [-0.05, 0) is 30.7 Å². The maximum atomic E-state index is 11.4. The highest BCUT2D eigenvalue weighted by atomic mass is 32.2. The molecule has 0 atom stereocenters. The van der Waals surface area contributed by atoms with E-state index in [1.807, 2.05) is 0 Å². The maximum absolute atomic E-state index is 11.4. The third-order valence-corrected chi connectivity index (χ3v) is 3.26. The average Bonchev–Trinajstić information content (AvgIpc) is 2.36. The molecule has 0 unspecified atom stereocenters. The number of carbonyl (C=O) groups excluding carboxylic acids is 1. The maximum Gasteiger partial charge on any atom is 0.223 e. The van der Waals surface area contributed by atoms with Gasteiger partial charge < -0.3 is 15.8 Å². The van der Waals surface area contributed by atoms with Crippen LogP contribution in [0.2, 0.25) is 0 Å². The molecule has 7 nitrogen and oxygen atoms in total. The van der Waals surface area contributed by atoms with Crippen LogP contribution in [0.1, 0.15) is 12.8 Å². The van der Waals surface area contributed by atoms with E-state index in [0.717, 1.165) is 0 Å². The molecule has 0 heterocycles. The summed E-state index contributed by atoms with van der Waals surface area (Å²) in [6.45, 7) is 0.516. The van der Waals surface area contributed by atoms with E-state index < -0.39 is 10.0 Å². The predicted molar refractivity (Wildman–Crippen MR) is 76.6 cm³/mol. The number of hydrogen-bond donors (Lipinski definition) is 3. The third kappa shape index (κ3) is 7.59. The van der Waals surface area contributed by atoms with Crippen LogP contribution in [-0.2, 0) is 14.8 Å². The first-order valence-electron chi connectivity index (χ1n) is 6.12. The average molecular weight is 301 g/mol. The molecule has 1 amide bonds. The first-order valence-corrected chi connectivity index (χ1v) is 7.84. The van der Waals surface area contributed by atoms with E-state index in [1.165, 1.54) is 0 Å². The fraction of sp³-hybridized carbons (Fsp3) is 0.417. The van der Waals surface area contributed by atoms with Crippen molar-refractivity contribution in [2.75, 3.05) is 24.6 Å². The molecule has 0 bridgehead atoms. The second kappa shape index (κ2) is 7.71. The molecule has 5 N–H and O–H groups in total. The Labute approximate surface area is 118 Å². The largest absolute Gasteiger partial charge is 0.493 e. The molecular formula is C12H19N3O4S. The van der Waals surface area contributed by atoms with Gasteiger partial charge in [-0.2, -0.15) is 0 Å². The van der Waals surface area contributed by atoms with E-state index in [9.17, 15) is 13.2 Å². The molecule has 0 aliphatic carbocycles. The van der Waals surface area contributed by atoms with Gasteiger partial charge in [-0.25, -0.2) is 13.6 Å². The second-order valence-electron chi connectivity index (χ2n) is 4.24. The predicted octanol–water partition coefficient (Wildman–Crippen LogP) is -0.167. The van der Waals surface area contributed by atoms with Crippen LogP contribution in [0.3, 0.4) is 0 Å². The quantitative estimate of drug-likeness (QED) is 0.454. The summed E-state index contributed by atoms with van der Waals surface area (Å²) in [5, 5.41) is 7.43. The first kappa shape index (κ1) is 16.3. The Morgan fingerprint density at radius 2 is 1.90 bits per heavy atom. The molecule has 1 aromatic rings. The molecule has 0 saturated carbocycles. The lowest BCUT2D eigenvalue weighted by atomic mass is 10.3. The van der Waals surface area contributed by atoms with Gasteiger partial charge in [-0.1, -0.05) is 0 Å². The van der Waals surface area contributed by atoms with Crippen molar-refractivity contribution >= 4 is 21.6 Å². The number of nitrogens with two attached hydrogens (primary N) is 2. The van der Waals surface area contributed by atoms with Crippen LogP contribution in [-0.4, -0.2) is 33.2 Å². The van der Waals surface area contributed by atoms with Gasteiger partial charge in [-0.15, -0.1) is 0 Å². The number of amides is 1. The van der Waals surface area contributed by atoms with Crippen LogP contribution in [0.25, 0.3) is 0 Å². The van der Waals surface area contributed by atoms with Crippen molar-refractivity contribution < 1.29 is 17.9 Å². The normalized spacial score (nSPS) is 11.1. The molecule has 0 aliphatic heterocycles. The Balaban J connectivity index is 2.12. The molecule has 1 rings (SSSR count). The fourth-order valence-corrected chi connectivity index (χ4v) is 1.96. The van der Waals surface area contributed by atoms with Crippen molar-refractivity contribution in [1.82, 2.24) is 5.32 Å². The second-order valence-corrected chi connectivity index (χ2v) is 5.97. The number of rotatable bonds is 8. The molecule has 20 heavy (non-hydrogen) atoms. The van der Waals surface area contributed by atoms with Crippen molar-refractivity contribution in [3.8, 4) is 5.75 Å². The Morgan fingerprint density at radius 3 is 2.50 bits per heavy atom. The van der Waals surface area contributed by atoms with Crippen molar-refractivity contribution in [2.45, 2.75) is 12.8 Å². The van der Waals surface area contributed by atoms with Gasteiger partial charge in [0.2, 0.25) is 15.9 Å². The van der Waals surface area contributed by atoms with E-state index in [2.05, 4.69) is 5.32 Å². The van der Waals surface area contributed by atoms with Crippen LogP contribution in [0, 0.1) is 0 Å². The van der Waals surface area contributed by atoms with Crippen molar-refractivity contribution in [3.63, 3.8) is 0 Å². The van der Waals surface area contributed by atoms with Crippen molar-refractivity contribution in [2.24, 2.45) is 5.14 Å². The Hall–Kier alpha value is -1.80. The van der Waals surface area contributed by atoms with E-state index in [-0.39, 0.29) is 31.2 Å². The van der Waals surface area contributed by atoms with Gasteiger partial charge in [0, 0.05) is 12.2 Å². The summed E-state index contributed by atoms with van der Waals surface area (Å²) >= 11 is 0. The Kier molecular flexibility index (Phi) is 6.26. The van der Waals surface area contributed by atoms with Crippen molar-refractivity contribution in [1.29, 1.82) is 0 Å². The lowest BCUT2D eigenvalue weighted by Crippen LogP contribution is -2.28. The molecule has 0 spiro atoms. The molecule has 0 saturated heterocycles. The number of anilines is 1. The lowest BCUT2D eigenvalue weighted by Gasteiger charge is -2.07. The van der Waals surface area contributed by atoms with E-state index in [0.29, 0.717) is 17.9 Å². The van der Waals surface area contributed by atoms with E-state index in [4.69, 9.17) is 15.6 Å². The number of nitrogens with one attached hydrogen (secondary N) is 1. The fourth-order valence-electron chi connectivity index (χ4n) is 1.42. The minimum Gasteiger partial charge on any atom is -0.493 e. The number of sulfonamides is 1. The summed E-state index contributed by atoms with van der Waals surface area (Å²) in [5.74, 6) is 0.297. The Morgan fingerprint density at radius 1 is 1.25 bits per heavy atom. The third-order valence-electron chi connectivity index (χ3n) is 2.41. The highest BCUT2D eigenvalue weighted by Gasteiger charge is 2.04. The zero-order chi connectivity index (χ0) is 15.0. The topological polar surface area (TPSA) is 125 Å². The van der Waals surface area contributed by atoms with Gasteiger partial charge in [0.25, 0.3) is 0 Å². The Bertz CT molecular complexity index is 528. The minimum atomic E-state index is -3.46. The molecule has 1 aromatic carbocycles. The molecule has 112 valence electrons. The molecule has 0 aromatic heterocycles. The summed E-state index contributed by atoms with van der Waals surface area (Å²) in [4.78, 5) is 11.4. The standard InChI is InChI=1S/C12H19N3O4S/c13-10-2-4-11(5-3-10)19-8-6-12(16)15-7-1-9-20(14,17)18/h2-5H,1,6-9,13H2,(H,15,16)(H2,14,17,18). The minimum absolute atomic E-state index is 0.144. The SMILES string of the molecule is Nc1ccc(OCCC(=O)NCCCS(N)(=O)=O)cc1. The van der Waals surface area contributed by atoms with Crippen LogP contribution >= 0.6 is 0 Å². The molecule has 0 radical (unpaired) electrons. The van der Waals surface area contributed by atoms with Gasteiger partial charge in [0.15, 0.2) is 0 Å². The summed E-state index contributed by atoms with van der Waals surface area (Å²) in [6, 6.07) is 6.87. The summed E-state index contributed by atoms with van der Waals surface area (Å²) < 4.78 is 26.7. The first-order chi connectivity index (χ1) is 9.37. The monoisotopic (exact) mass is 301 g/mol. The van der Waals surface area contributed by atoms with Crippen molar-refractivity contribution in [3.05, 3.63) is 24.3 Å². The molecule has 0 aliphatic rings. The zero-order valence-corrected chi connectivity index (χ0v) is 11.9. The van der Waals surface area contributed by atoms with Gasteiger partial charge in [-0.3, -0.25) is 4.79 Å². The number of hydrogen-bond acceptors (Lipinski definition) is 5. The highest BCUT2D eigenvalue weighted by molar-refractivity contribution is 7.89. The van der Waals surface area contributed by atoms with Crippen LogP contribution in [0.15, 0.2) is 24.3 Å². The number of ether oxygens (including phenoxy) is 1. The summed E-state index contributed by atoms with van der Waals surface area (Å²) in [5.41, 5.74) is 6.17. The number of primary sulfonamides is 1. The van der Waals surface area contributed by atoms with E-state index >= 15 is 0 Å². The van der Waals surface area contributed by atoms with E-state index in [1.54, 1.807) is 24.3 Å². The van der Waals surface area contributed by atoms with Gasteiger partial charge in [0.05, 0.1) is 18.8 Å². The molecular weight excluding hydrogens is 282 g/mol. The smallest absolute Gasteiger partial charge is 0.223 e. The highest BCUT2D eigenvalue weighted by Crippen LogP contribution is 2.12. The van der Waals surface area contributed by atoms with Gasteiger partial charge in [0.1, 0.15) is 5.75 Å². The van der Waals surface area contributed by atoms with Gasteiger partial charge >= 0.3 is 0 Å². The molecule has 0 fully saturated rings. The van der Waals surface area contributed by atoms with Crippen LogP contribution in [0.5, 0.6) is 5.75 Å². The lowest BCUT2D eigenvalue weighted by molar-refractivity contribution is -0.121. The zero-order valence-electron chi connectivity index (χ0n) is 11.0. The summed E-state index contributed by atoms with van der Waals surface area (Å²) in [7, 11) is -3.46. The van der Waals surface area contributed by atoms with Crippen LogP contribution in [0.4, 0.5) is 5.69 Å². The number of carbonyl (C=O) groups is 1. The number of nitrogen functional groups attached to an aromatic ring is 1.